The van der Waals surface area contributed by atoms with Crippen molar-refractivity contribution in [2.75, 3.05) is 7.11 Å². The minimum Gasteiger partial charge on any atom is -0.379 e. The minimum atomic E-state index is -0.0897. The first-order valence-corrected chi connectivity index (χ1v) is 6.44. The molecule has 0 aliphatic carbocycles. The van der Waals surface area contributed by atoms with Gasteiger partial charge >= 0.3 is 0 Å². The normalized spacial score (nSPS) is 15.5. The van der Waals surface area contributed by atoms with Crippen LogP contribution < -0.4 is 11.3 Å². The highest BCUT2D eigenvalue weighted by atomic mass is 35.5. The number of ether oxygens (including phenoxy) is 1. The van der Waals surface area contributed by atoms with E-state index in [0.29, 0.717) is 0 Å². The predicted octanol–water partition coefficient (Wildman–Crippen LogP) is 3.21. The van der Waals surface area contributed by atoms with Gasteiger partial charge in [-0.2, -0.15) is 0 Å². The van der Waals surface area contributed by atoms with E-state index in [9.17, 15) is 0 Å². The fourth-order valence-electron chi connectivity index (χ4n) is 2.15. The molecule has 102 valence electrons. The maximum Gasteiger partial charge on any atom is 0.0827 e. The molecule has 1 aromatic carbocycles. The Bertz CT molecular complexity index is 401. The van der Waals surface area contributed by atoms with Gasteiger partial charge in [0.2, 0.25) is 0 Å². The topological polar surface area (TPSA) is 47.3 Å². The Hall–Kier alpha value is -0.610. The van der Waals surface area contributed by atoms with E-state index in [0.717, 1.165) is 16.1 Å². The van der Waals surface area contributed by atoms with Crippen LogP contribution in [0.4, 0.5) is 0 Å². The molecular formula is C14H23ClN2O. The smallest absolute Gasteiger partial charge is 0.0827 e. The van der Waals surface area contributed by atoms with E-state index < -0.39 is 0 Å². The van der Waals surface area contributed by atoms with Crippen molar-refractivity contribution >= 4 is 11.6 Å². The molecule has 0 aliphatic heterocycles. The van der Waals surface area contributed by atoms with Crippen molar-refractivity contribution in [2.24, 2.45) is 11.3 Å². The predicted molar refractivity (Wildman–Crippen MR) is 76.5 cm³/mol. The first-order valence-electron chi connectivity index (χ1n) is 6.06. The van der Waals surface area contributed by atoms with E-state index >= 15 is 0 Å². The molecule has 1 aromatic rings. The summed E-state index contributed by atoms with van der Waals surface area (Å²) in [7, 11) is 1.70. The first-order chi connectivity index (χ1) is 8.31. The van der Waals surface area contributed by atoms with E-state index in [2.05, 4.69) is 26.2 Å². The number of halogens is 1. The van der Waals surface area contributed by atoms with E-state index in [1.807, 2.05) is 25.1 Å². The third-order valence-corrected chi connectivity index (χ3v) is 3.55. The van der Waals surface area contributed by atoms with Gasteiger partial charge in [-0.05, 0) is 29.5 Å². The van der Waals surface area contributed by atoms with Gasteiger partial charge in [0.05, 0.1) is 12.1 Å². The van der Waals surface area contributed by atoms with Crippen LogP contribution in [0.1, 0.15) is 37.9 Å². The zero-order valence-electron chi connectivity index (χ0n) is 11.8. The number of nitrogens with one attached hydrogen (secondary N) is 1. The highest BCUT2D eigenvalue weighted by molar-refractivity contribution is 6.31. The molecule has 1 rings (SSSR count). The number of methoxy groups -OCH3 is 1. The molecule has 0 fully saturated rings. The van der Waals surface area contributed by atoms with Crippen molar-refractivity contribution < 1.29 is 4.74 Å². The summed E-state index contributed by atoms with van der Waals surface area (Å²) in [6, 6.07) is 5.88. The largest absolute Gasteiger partial charge is 0.379 e. The Labute approximate surface area is 115 Å². The number of hydrazine groups is 1. The van der Waals surface area contributed by atoms with Crippen molar-refractivity contribution in [3.8, 4) is 0 Å². The zero-order chi connectivity index (χ0) is 13.9. The number of rotatable bonds is 4. The zero-order valence-corrected chi connectivity index (χ0v) is 12.5. The second kappa shape index (κ2) is 6.02. The van der Waals surface area contributed by atoms with Crippen LogP contribution in [-0.4, -0.2) is 13.2 Å². The monoisotopic (exact) mass is 270 g/mol. The maximum atomic E-state index is 6.17. The van der Waals surface area contributed by atoms with Crippen molar-refractivity contribution in [1.82, 2.24) is 5.43 Å². The Morgan fingerprint density at radius 3 is 2.33 bits per heavy atom. The highest BCUT2D eigenvalue weighted by Crippen LogP contribution is 2.33. The van der Waals surface area contributed by atoms with Gasteiger partial charge in [-0.15, -0.1) is 0 Å². The number of benzene rings is 1. The number of hydrogen-bond donors (Lipinski definition) is 2. The van der Waals surface area contributed by atoms with Crippen LogP contribution in [-0.2, 0) is 4.74 Å². The van der Waals surface area contributed by atoms with Crippen LogP contribution in [0.15, 0.2) is 18.2 Å². The Kier molecular flexibility index (Phi) is 5.17. The molecule has 0 heterocycles. The van der Waals surface area contributed by atoms with Crippen LogP contribution in [0.3, 0.4) is 0 Å². The average molecular weight is 271 g/mol. The molecule has 0 aromatic heterocycles. The van der Waals surface area contributed by atoms with Gasteiger partial charge in [-0.25, -0.2) is 0 Å². The lowest BCUT2D eigenvalue weighted by molar-refractivity contribution is -0.0120. The van der Waals surface area contributed by atoms with Crippen LogP contribution in [0.5, 0.6) is 0 Å². The van der Waals surface area contributed by atoms with Gasteiger partial charge < -0.3 is 4.74 Å². The molecule has 2 unspecified atom stereocenters. The van der Waals surface area contributed by atoms with E-state index in [4.69, 9.17) is 22.2 Å². The third-order valence-electron chi connectivity index (χ3n) is 3.14. The Morgan fingerprint density at radius 2 is 1.94 bits per heavy atom. The standard InChI is InChI=1S/C14H23ClN2O/c1-9-6-7-10(8-11(9)15)12(17-16)13(18-5)14(2,3)4/h6-8,12-13,17H,16H2,1-5H3. The summed E-state index contributed by atoms with van der Waals surface area (Å²) >= 11 is 6.17. The van der Waals surface area contributed by atoms with Gasteiger partial charge in [0.15, 0.2) is 0 Å². The third kappa shape index (κ3) is 3.45. The molecule has 3 nitrogen and oxygen atoms in total. The molecule has 18 heavy (non-hydrogen) atoms. The second-order valence-electron chi connectivity index (χ2n) is 5.68. The van der Waals surface area contributed by atoms with Crippen molar-refractivity contribution in [2.45, 2.75) is 39.8 Å². The van der Waals surface area contributed by atoms with Crippen LogP contribution in [0.2, 0.25) is 5.02 Å². The molecule has 3 N–H and O–H groups in total. The quantitative estimate of drug-likeness (QED) is 0.652. The molecule has 0 spiro atoms. The lowest BCUT2D eigenvalue weighted by Crippen LogP contribution is -2.44. The molecular weight excluding hydrogens is 248 g/mol. The van der Waals surface area contributed by atoms with Gasteiger partial charge in [-0.3, -0.25) is 11.3 Å². The molecule has 0 amide bonds. The Morgan fingerprint density at radius 1 is 1.33 bits per heavy atom. The van der Waals surface area contributed by atoms with Crippen molar-refractivity contribution in [1.29, 1.82) is 0 Å². The molecule has 2 atom stereocenters. The second-order valence-corrected chi connectivity index (χ2v) is 6.08. The van der Waals surface area contributed by atoms with Crippen LogP contribution in [0, 0.1) is 12.3 Å². The van der Waals surface area contributed by atoms with Gasteiger partial charge in [-0.1, -0.05) is 44.5 Å². The van der Waals surface area contributed by atoms with E-state index in [1.165, 1.54) is 0 Å². The first kappa shape index (κ1) is 15.4. The molecule has 0 aliphatic rings. The summed E-state index contributed by atoms with van der Waals surface area (Å²) < 4.78 is 5.61. The van der Waals surface area contributed by atoms with E-state index in [-0.39, 0.29) is 17.6 Å². The van der Waals surface area contributed by atoms with Gasteiger partial charge in [0.25, 0.3) is 0 Å². The lowest BCUT2D eigenvalue weighted by atomic mass is 9.82. The molecule has 0 saturated heterocycles. The summed E-state index contributed by atoms with van der Waals surface area (Å²) in [4.78, 5) is 0. The van der Waals surface area contributed by atoms with Crippen molar-refractivity contribution in [3.05, 3.63) is 34.3 Å². The summed E-state index contributed by atoms with van der Waals surface area (Å²) in [6.07, 6.45) is -0.0405. The number of nitrogens with two attached hydrogens (primary N) is 1. The maximum absolute atomic E-state index is 6.17. The van der Waals surface area contributed by atoms with Crippen LogP contribution in [0.25, 0.3) is 0 Å². The average Bonchev–Trinajstić information content (AvgIpc) is 2.28. The van der Waals surface area contributed by atoms with Crippen LogP contribution >= 0.6 is 11.6 Å². The lowest BCUT2D eigenvalue weighted by Gasteiger charge is -2.36. The van der Waals surface area contributed by atoms with Gasteiger partial charge in [0.1, 0.15) is 0 Å². The number of aryl methyl sites for hydroxylation is 1. The highest BCUT2D eigenvalue weighted by Gasteiger charge is 2.33. The summed E-state index contributed by atoms with van der Waals surface area (Å²) in [5, 5.41) is 0.747. The van der Waals surface area contributed by atoms with Crippen molar-refractivity contribution in [3.63, 3.8) is 0 Å². The molecule has 0 bridgehead atoms. The molecule has 0 saturated carbocycles. The summed E-state index contributed by atoms with van der Waals surface area (Å²) in [5.74, 6) is 5.69. The summed E-state index contributed by atoms with van der Waals surface area (Å²) in [6.45, 7) is 8.36. The fraction of sp³-hybridized carbons (Fsp3) is 0.571. The number of hydrogen-bond acceptors (Lipinski definition) is 3. The van der Waals surface area contributed by atoms with E-state index in [1.54, 1.807) is 7.11 Å². The minimum absolute atomic E-state index is 0.0247. The SMILES string of the molecule is COC(C(NN)c1ccc(C)c(Cl)c1)C(C)(C)C. The molecule has 4 heteroatoms. The summed E-state index contributed by atoms with van der Waals surface area (Å²) in [5.41, 5.74) is 4.91. The Balaban J connectivity index is 3.12. The van der Waals surface area contributed by atoms with Gasteiger partial charge in [0, 0.05) is 12.1 Å². The molecule has 0 radical (unpaired) electrons. The fourth-order valence-corrected chi connectivity index (χ4v) is 2.34.